The molecule has 7 heteroatoms. The number of ether oxygens (including phenoxy) is 2. The Balaban J connectivity index is 1.72. The Hall–Kier alpha value is -2.02. The maximum Gasteiger partial charge on any atom is 0.410 e. The van der Waals surface area contributed by atoms with E-state index in [-0.39, 0.29) is 11.9 Å². The van der Waals surface area contributed by atoms with Gasteiger partial charge in [0.2, 0.25) is 5.76 Å². The molecule has 1 aliphatic rings. The van der Waals surface area contributed by atoms with Crippen molar-refractivity contribution in [2.24, 2.45) is 5.92 Å². The first-order valence-corrected chi connectivity index (χ1v) is 8.63. The largest absolute Gasteiger partial charge is 0.463 e. The number of nitrogens with one attached hydrogen (secondary N) is 1. The van der Waals surface area contributed by atoms with Crippen LogP contribution in [0.4, 0.5) is 4.79 Å². The summed E-state index contributed by atoms with van der Waals surface area (Å²) in [4.78, 5) is 25.4. The van der Waals surface area contributed by atoms with Crippen molar-refractivity contribution in [3.8, 4) is 0 Å². The third-order valence-electron chi connectivity index (χ3n) is 4.13. The molecule has 1 amide bonds. The normalized spacial score (nSPS) is 15.9. The Morgan fingerprint density at radius 2 is 2.00 bits per heavy atom. The van der Waals surface area contributed by atoms with Gasteiger partial charge in [0, 0.05) is 25.2 Å². The van der Waals surface area contributed by atoms with Gasteiger partial charge in [0.1, 0.15) is 5.60 Å². The summed E-state index contributed by atoms with van der Waals surface area (Å²) in [5.41, 5.74) is 0.329. The van der Waals surface area contributed by atoms with Crippen molar-refractivity contribution in [2.75, 3.05) is 26.7 Å². The molecule has 140 valence electrons. The summed E-state index contributed by atoms with van der Waals surface area (Å²) < 4.78 is 15.3. The number of nitrogens with zero attached hydrogens (tertiary/aromatic N) is 1. The molecule has 0 saturated carbocycles. The van der Waals surface area contributed by atoms with E-state index in [1.54, 1.807) is 11.0 Å². The van der Waals surface area contributed by atoms with Crippen LogP contribution in [-0.4, -0.2) is 49.3 Å². The molecule has 0 aromatic carbocycles. The highest BCUT2D eigenvalue weighted by Gasteiger charge is 2.26. The monoisotopic (exact) mass is 352 g/mol. The van der Waals surface area contributed by atoms with Crippen molar-refractivity contribution >= 4 is 12.1 Å². The van der Waals surface area contributed by atoms with Crippen molar-refractivity contribution in [3.05, 3.63) is 23.7 Å². The first kappa shape index (κ1) is 19.3. The minimum absolute atomic E-state index is 0.236. The van der Waals surface area contributed by atoms with Crippen LogP contribution in [0.5, 0.6) is 0 Å². The third kappa shape index (κ3) is 5.77. The number of amides is 1. The molecule has 7 nitrogen and oxygen atoms in total. The number of methoxy groups -OCH3 is 1. The summed E-state index contributed by atoms with van der Waals surface area (Å²) in [5, 5.41) is 3.36. The van der Waals surface area contributed by atoms with Gasteiger partial charge in [-0.2, -0.15) is 0 Å². The maximum atomic E-state index is 12.1. The lowest BCUT2D eigenvalue weighted by molar-refractivity contribution is 0.0184. The molecule has 2 heterocycles. The van der Waals surface area contributed by atoms with E-state index in [0.29, 0.717) is 25.6 Å². The number of esters is 1. The van der Waals surface area contributed by atoms with Crippen LogP contribution >= 0.6 is 0 Å². The molecular weight excluding hydrogens is 324 g/mol. The van der Waals surface area contributed by atoms with Gasteiger partial charge < -0.3 is 24.1 Å². The molecule has 2 rings (SSSR count). The summed E-state index contributed by atoms with van der Waals surface area (Å²) in [6, 6.07) is 1.77. The second-order valence-corrected chi connectivity index (χ2v) is 7.31. The summed E-state index contributed by atoms with van der Waals surface area (Å²) in [6.07, 6.45) is 3.12. The summed E-state index contributed by atoms with van der Waals surface area (Å²) >= 11 is 0. The van der Waals surface area contributed by atoms with Crippen molar-refractivity contribution in [2.45, 2.75) is 45.8 Å². The predicted molar refractivity (Wildman–Crippen MR) is 92.3 cm³/mol. The van der Waals surface area contributed by atoms with Crippen LogP contribution in [0.1, 0.15) is 49.7 Å². The molecule has 0 aliphatic carbocycles. The molecular formula is C18H28N2O5. The van der Waals surface area contributed by atoms with Gasteiger partial charge in [-0.1, -0.05) is 0 Å². The average Bonchev–Trinajstić information content (AvgIpc) is 3.01. The first-order chi connectivity index (χ1) is 11.8. The Kier molecular flexibility index (Phi) is 6.47. The third-order valence-corrected chi connectivity index (χ3v) is 4.13. The zero-order valence-electron chi connectivity index (χ0n) is 15.5. The number of carbonyl (C=O) groups excluding carboxylic acids is 2. The predicted octanol–water partition coefficient (Wildman–Crippen LogP) is 2.80. The fourth-order valence-electron chi connectivity index (χ4n) is 2.80. The van der Waals surface area contributed by atoms with Crippen LogP contribution in [0.25, 0.3) is 0 Å². The first-order valence-electron chi connectivity index (χ1n) is 8.63. The van der Waals surface area contributed by atoms with Crippen molar-refractivity contribution < 1.29 is 23.5 Å². The van der Waals surface area contributed by atoms with E-state index in [0.717, 1.165) is 24.9 Å². The molecule has 0 spiro atoms. The molecule has 25 heavy (non-hydrogen) atoms. The van der Waals surface area contributed by atoms with Gasteiger partial charge in [-0.25, -0.2) is 9.59 Å². The van der Waals surface area contributed by atoms with Crippen LogP contribution in [0, 0.1) is 5.92 Å². The molecule has 0 atom stereocenters. The van der Waals surface area contributed by atoms with Crippen LogP contribution in [0.15, 0.2) is 16.7 Å². The van der Waals surface area contributed by atoms with Gasteiger partial charge >= 0.3 is 12.1 Å². The molecule has 0 unspecified atom stereocenters. The van der Waals surface area contributed by atoms with E-state index < -0.39 is 11.6 Å². The van der Waals surface area contributed by atoms with Crippen LogP contribution in [-0.2, 0) is 16.0 Å². The van der Waals surface area contributed by atoms with Crippen LogP contribution < -0.4 is 5.32 Å². The van der Waals surface area contributed by atoms with Crippen LogP contribution in [0.3, 0.4) is 0 Å². The molecule has 0 radical (unpaired) electrons. The quantitative estimate of drug-likeness (QED) is 0.821. The zero-order chi connectivity index (χ0) is 18.4. The van der Waals surface area contributed by atoms with E-state index in [1.807, 2.05) is 20.8 Å². The van der Waals surface area contributed by atoms with E-state index in [4.69, 9.17) is 13.9 Å². The van der Waals surface area contributed by atoms with Gasteiger partial charge in [-0.05, 0) is 52.1 Å². The Morgan fingerprint density at radius 1 is 1.32 bits per heavy atom. The highest BCUT2D eigenvalue weighted by Crippen LogP contribution is 2.19. The summed E-state index contributed by atoms with van der Waals surface area (Å²) in [6.45, 7) is 8.42. The SMILES string of the molecule is COC(=O)c1occc1CNCC1CCN(C(=O)OC(C)(C)C)CC1. The van der Waals surface area contributed by atoms with Crippen molar-refractivity contribution in [1.82, 2.24) is 10.2 Å². The minimum Gasteiger partial charge on any atom is -0.463 e. The van der Waals surface area contributed by atoms with Gasteiger partial charge in [0.15, 0.2) is 0 Å². The van der Waals surface area contributed by atoms with Gasteiger partial charge in [0.25, 0.3) is 0 Å². The molecule has 1 aromatic rings. The standard InChI is InChI=1S/C18H28N2O5/c1-18(2,3)25-17(22)20-8-5-13(6-9-20)11-19-12-14-7-10-24-15(14)16(21)23-4/h7,10,13,19H,5-6,8-9,11-12H2,1-4H3. The number of hydrogen-bond donors (Lipinski definition) is 1. The second-order valence-electron chi connectivity index (χ2n) is 7.31. The van der Waals surface area contributed by atoms with E-state index in [1.165, 1.54) is 13.4 Å². The minimum atomic E-state index is -0.465. The van der Waals surface area contributed by atoms with Gasteiger partial charge in [-0.3, -0.25) is 0 Å². The number of rotatable bonds is 5. The Bertz CT molecular complexity index is 583. The van der Waals surface area contributed by atoms with Crippen molar-refractivity contribution in [1.29, 1.82) is 0 Å². The number of furan rings is 1. The molecule has 1 saturated heterocycles. The Morgan fingerprint density at radius 3 is 2.60 bits per heavy atom. The van der Waals surface area contributed by atoms with Crippen molar-refractivity contribution in [3.63, 3.8) is 0 Å². The number of carbonyl (C=O) groups is 2. The van der Waals surface area contributed by atoms with E-state index >= 15 is 0 Å². The summed E-state index contributed by atoms with van der Waals surface area (Å²) in [5.74, 6) is 0.273. The average molecular weight is 352 g/mol. The molecule has 1 N–H and O–H groups in total. The fraction of sp³-hybridized carbons (Fsp3) is 0.667. The van der Waals surface area contributed by atoms with Gasteiger partial charge in [-0.15, -0.1) is 0 Å². The number of piperidine rings is 1. The molecule has 1 fully saturated rings. The topological polar surface area (TPSA) is 81.0 Å². The molecule has 1 aromatic heterocycles. The highest BCUT2D eigenvalue weighted by molar-refractivity contribution is 5.87. The second kappa shape index (κ2) is 8.38. The molecule has 0 bridgehead atoms. The lowest BCUT2D eigenvalue weighted by Crippen LogP contribution is -2.43. The lowest BCUT2D eigenvalue weighted by atomic mass is 9.97. The highest BCUT2D eigenvalue weighted by atomic mass is 16.6. The molecule has 1 aliphatic heterocycles. The zero-order valence-corrected chi connectivity index (χ0v) is 15.5. The van der Waals surface area contributed by atoms with E-state index in [2.05, 4.69) is 5.32 Å². The summed E-state index contributed by atoms with van der Waals surface area (Å²) in [7, 11) is 1.33. The smallest absolute Gasteiger partial charge is 0.410 e. The van der Waals surface area contributed by atoms with Crippen LogP contribution in [0.2, 0.25) is 0 Å². The van der Waals surface area contributed by atoms with Gasteiger partial charge in [0.05, 0.1) is 13.4 Å². The fourth-order valence-corrected chi connectivity index (χ4v) is 2.80. The number of hydrogen-bond acceptors (Lipinski definition) is 6. The van der Waals surface area contributed by atoms with E-state index in [9.17, 15) is 9.59 Å². The number of likely N-dealkylation sites (tertiary alicyclic amines) is 1. The maximum absolute atomic E-state index is 12.1. The Labute approximate surface area is 148 Å². The lowest BCUT2D eigenvalue weighted by Gasteiger charge is -2.33.